The first-order valence-corrected chi connectivity index (χ1v) is 7.14. The molecular formula is C13H16F3N3O2. The van der Waals surface area contributed by atoms with Gasteiger partial charge in [-0.15, -0.1) is 23.4 Å². The van der Waals surface area contributed by atoms with Crippen LogP contribution in [-0.2, 0) is 10.2 Å². The van der Waals surface area contributed by atoms with Gasteiger partial charge in [0, 0.05) is 11.5 Å². The fourth-order valence-corrected chi connectivity index (χ4v) is 4.06. The van der Waals surface area contributed by atoms with E-state index >= 15 is 0 Å². The Kier molecular flexibility index (Phi) is 2.56. The maximum absolute atomic E-state index is 12.1. The lowest BCUT2D eigenvalue weighted by Crippen LogP contribution is -2.52. The lowest BCUT2D eigenvalue weighted by Gasteiger charge is -2.42. The highest BCUT2D eigenvalue weighted by atomic mass is 19.4. The van der Waals surface area contributed by atoms with Crippen molar-refractivity contribution in [2.45, 2.75) is 67.9 Å². The Morgan fingerprint density at radius 1 is 1.19 bits per heavy atom. The summed E-state index contributed by atoms with van der Waals surface area (Å²) >= 11 is 0. The molecule has 4 aliphatic carbocycles. The van der Waals surface area contributed by atoms with Crippen LogP contribution < -0.4 is 5.73 Å². The Hall–Kier alpha value is -1.15. The second kappa shape index (κ2) is 3.98. The van der Waals surface area contributed by atoms with Gasteiger partial charge >= 0.3 is 6.36 Å². The Labute approximate surface area is 119 Å². The molecule has 0 spiro atoms. The molecule has 0 unspecified atom stereocenters. The number of hydrogen-bond donors (Lipinski definition) is 1. The van der Waals surface area contributed by atoms with E-state index in [9.17, 15) is 13.2 Å². The van der Waals surface area contributed by atoms with Crippen LogP contribution in [0.1, 0.15) is 56.2 Å². The maximum Gasteiger partial charge on any atom is 0.522 e. The van der Waals surface area contributed by atoms with Gasteiger partial charge < -0.3 is 10.2 Å². The van der Waals surface area contributed by atoms with Crippen molar-refractivity contribution >= 4 is 0 Å². The Morgan fingerprint density at radius 3 is 2.48 bits per heavy atom. The predicted molar refractivity (Wildman–Crippen MR) is 64.3 cm³/mol. The van der Waals surface area contributed by atoms with Crippen LogP contribution in [0.5, 0.6) is 0 Å². The minimum Gasteiger partial charge on any atom is -0.424 e. The summed E-state index contributed by atoms with van der Waals surface area (Å²) in [5.41, 5.74) is 5.98. The third-order valence-electron chi connectivity index (χ3n) is 5.12. The number of nitrogens with zero attached hydrogens (tertiary/aromatic N) is 2. The van der Waals surface area contributed by atoms with Gasteiger partial charge in [-0.05, 0) is 38.5 Å². The zero-order valence-corrected chi connectivity index (χ0v) is 11.3. The quantitative estimate of drug-likeness (QED) is 0.928. The molecule has 1 heterocycles. The van der Waals surface area contributed by atoms with Crippen LogP contribution in [0.2, 0.25) is 0 Å². The van der Waals surface area contributed by atoms with Gasteiger partial charge in [-0.25, -0.2) is 0 Å². The van der Waals surface area contributed by atoms with Gasteiger partial charge in [0.05, 0.1) is 11.5 Å². The van der Waals surface area contributed by atoms with Crippen molar-refractivity contribution < 1.29 is 22.3 Å². The van der Waals surface area contributed by atoms with E-state index in [-0.39, 0.29) is 29.7 Å². The first-order valence-electron chi connectivity index (χ1n) is 7.14. The van der Waals surface area contributed by atoms with E-state index in [1.807, 2.05) is 0 Å². The number of nitrogens with two attached hydrogens (primary N) is 1. The molecule has 4 aliphatic rings. The number of halogens is 3. The molecule has 0 radical (unpaired) electrons. The Bertz CT molecular complexity index is 559. The molecule has 116 valence electrons. The summed E-state index contributed by atoms with van der Waals surface area (Å²) in [6, 6.07) is 0. The molecule has 4 fully saturated rings. The molecule has 0 aromatic carbocycles. The SMILES string of the molecule is NC12CCC(c3nnc([C@H]4C[C@@H](OC(F)(F)F)C4)o3)(C1)C2. The van der Waals surface area contributed by atoms with E-state index in [2.05, 4.69) is 14.9 Å². The number of alkyl halides is 3. The molecule has 5 rings (SSSR count). The van der Waals surface area contributed by atoms with Gasteiger partial charge in [0.1, 0.15) is 0 Å². The zero-order chi connectivity index (χ0) is 14.9. The van der Waals surface area contributed by atoms with E-state index in [1.165, 1.54) is 0 Å². The normalized spacial score (nSPS) is 41.7. The van der Waals surface area contributed by atoms with Gasteiger partial charge in [0.15, 0.2) is 0 Å². The smallest absolute Gasteiger partial charge is 0.424 e. The van der Waals surface area contributed by atoms with Gasteiger partial charge in [0.25, 0.3) is 0 Å². The number of aromatic nitrogens is 2. The van der Waals surface area contributed by atoms with Crippen molar-refractivity contribution in [2.75, 3.05) is 0 Å². The van der Waals surface area contributed by atoms with Crippen LogP contribution in [-0.4, -0.2) is 28.2 Å². The summed E-state index contributed by atoms with van der Waals surface area (Å²) in [7, 11) is 0. The number of hydrogen-bond acceptors (Lipinski definition) is 5. The van der Waals surface area contributed by atoms with Gasteiger partial charge in [0.2, 0.25) is 11.8 Å². The zero-order valence-electron chi connectivity index (χ0n) is 11.3. The maximum atomic E-state index is 12.1. The molecule has 4 saturated carbocycles. The van der Waals surface area contributed by atoms with Crippen molar-refractivity contribution in [3.05, 3.63) is 11.8 Å². The Balaban J connectivity index is 1.39. The van der Waals surface area contributed by atoms with Crippen LogP contribution in [0.3, 0.4) is 0 Å². The first-order chi connectivity index (χ1) is 9.77. The van der Waals surface area contributed by atoms with E-state index in [1.54, 1.807) is 0 Å². The van der Waals surface area contributed by atoms with Crippen LogP contribution in [0, 0.1) is 0 Å². The average molecular weight is 303 g/mol. The van der Waals surface area contributed by atoms with Crippen LogP contribution in [0.15, 0.2) is 4.42 Å². The molecule has 0 amide bonds. The number of fused-ring (bicyclic) bond motifs is 1. The minimum absolute atomic E-state index is 0.0727. The summed E-state index contributed by atoms with van der Waals surface area (Å²) < 4.78 is 45.9. The number of ether oxygens (including phenoxy) is 1. The standard InChI is InChI=1S/C13H16F3N3O2/c14-13(15,16)21-8-3-7(4-8)9-18-19-10(20-9)11-1-2-12(17,5-11)6-11/h7-8H,1-6,17H2/t7-,8+,11?,12?. The minimum atomic E-state index is -4.57. The van der Waals surface area contributed by atoms with Crippen molar-refractivity contribution in [2.24, 2.45) is 5.73 Å². The fraction of sp³-hybridized carbons (Fsp3) is 0.846. The van der Waals surface area contributed by atoms with Crippen molar-refractivity contribution in [3.8, 4) is 0 Å². The van der Waals surface area contributed by atoms with Crippen LogP contribution in [0.4, 0.5) is 13.2 Å². The fourth-order valence-electron chi connectivity index (χ4n) is 4.06. The third kappa shape index (κ3) is 2.15. The second-order valence-corrected chi connectivity index (χ2v) is 6.80. The molecule has 0 saturated heterocycles. The highest BCUT2D eigenvalue weighted by Gasteiger charge is 2.62. The van der Waals surface area contributed by atoms with Crippen molar-refractivity contribution in [3.63, 3.8) is 0 Å². The summed E-state index contributed by atoms with van der Waals surface area (Å²) in [6.07, 6.45) is -1.17. The molecule has 5 nitrogen and oxygen atoms in total. The third-order valence-corrected chi connectivity index (χ3v) is 5.12. The van der Waals surface area contributed by atoms with Crippen LogP contribution in [0.25, 0.3) is 0 Å². The van der Waals surface area contributed by atoms with Gasteiger partial charge in [-0.2, -0.15) is 0 Å². The second-order valence-electron chi connectivity index (χ2n) is 6.80. The molecule has 1 aromatic heterocycles. The summed E-state index contributed by atoms with van der Waals surface area (Å²) in [5, 5.41) is 8.12. The monoisotopic (exact) mass is 303 g/mol. The summed E-state index contributed by atoms with van der Waals surface area (Å²) in [6.45, 7) is 0. The molecule has 2 N–H and O–H groups in total. The largest absolute Gasteiger partial charge is 0.522 e. The molecule has 8 heteroatoms. The van der Waals surface area contributed by atoms with Crippen LogP contribution >= 0.6 is 0 Å². The molecule has 2 bridgehead atoms. The van der Waals surface area contributed by atoms with Gasteiger partial charge in [-0.3, -0.25) is 4.74 Å². The Morgan fingerprint density at radius 2 is 1.90 bits per heavy atom. The average Bonchev–Trinajstić information content (AvgIpc) is 2.93. The topological polar surface area (TPSA) is 74.2 Å². The molecular weight excluding hydrogens is 287 g/mol. The molecule has 0 aliphatic heterocycles. The number of rotatable bonds is 3. The van der Waals surface area contributed by atoms with Gasteiger partial charge in [-0.1, -0.05) is 0 Å². The molecule has 21 heavy (non-hydrogen) atoms. The van der Waals surface area contributed by atoms with Crippen molar-refractivity contribution in [1.29, 1.82) is 0 Å². The van der Waals surface area contributed by atoms with E-state index in [0.717, 1.165) is 25.7 Å². The molecule has 0 atom stereocenters. The molecule has 1 aromatic rings. The lowest BCUT2D eigenvalue weighted by atomic mass is 9.65. The lowest BCUT2D eigenvalue weighted by molar-refractivity contribution is -0.352. The van der Waals surface area contributed by atoms with Crippen molar-refractivity contribution in [1.82, 2.24) is 10.2 Å². The van der Waals surface area contributed by atoms with E-state index < -0.39 is 12.5 Å². The highest BCUT2D eigenvalue weighted by Crippen LogP contribution is 2.60. The van der Waals surface area contributed by atoms with E-state index in [4.69, 9.17) is 10.2 Å². The summed E-state index contributed by atoms with van der Waals surface area (Å²) in [5.74, 6) is 0.915. The predicted octanol–water partition coefficient (Wildman–Crippen LogP) is 2.37. The highest BCUT2D eigenvalue weighted by molar-refractivity contribution is 5.26. The first kappa shape index (κ1) is 13.5. The van der Waals surface area contributed by atoms with E-state index in [0.29, 0.717) is 11.8 Å². The summed E-state index contributed by atoms with van der Waals surface area (Å²) in [4.78, 5) is 0.